The fraction of sp³-hybridized carbons (Fsp3) is 0.333. The molecule has 1 N–H and O–H groups in total. The van der Waals surface area contributed by atoms with Crippen molar-refractivity contribution in [2.45, 2.75) is 31.1 Å². The molecule has 0 bridgehead atoms. The number of amides is 1. The molecule has 0 aliphatic heterocycles. The molecular formula is C18H20N2OS2. The number of thioether (sulfide) groups is 1. The Morgan fingerprint density at radius 2 is 2.17 bits per heavy atom. The topological polar surface area (TPSA) is 41.5 Å². The highest BCUT2D eigenvalue weighted by atomic mass is 32.2. The lowest BCUT2D eigenvalue weighted by molar-refractivity contribution is 0.0959. The number of carbonyl (C=O) groups excluding carboxylic acids is 1. The van der Waals surface area contributed by atoms with Crippen molar-refractivity contribution in [2.24, 2.45) is 11.0 Å². The second kappa shape index (κ2) is 7.32. The van der Waals surface area contributed by atoms with Gasteiger partial charge in [0.15, 0.2) is 0 Å². The van der Waals surface area contributed by atoms with E-state index in [9.17, 15) is 4.79 Å². The number of nitrogens with zero attached hydrogens (tertiary/aromatic N) is 1. The molecule has 0 spiro atoms. The third-order valence-corrected chi connectivity index (χ3v) is 6.03. The highest BCUT2D eigenvalue weighted by Gasteiger charge is 2.20. The summed E-state index contributed by atoms with van der Waals surface area (Å²) in [5.74, 6) is 0.601. The molecular weight excluding hydrogens is 324 g/mol. The molecule has 1 heterocycles. The summed E-state index contributed by atoms with van der Waals surface area (Å²) >= 11 is 3.31. The summed E-state index contributed by atoms with van der Waals surface area (Å²) in [5, 5.41) is 4.07. The van der Waals surface area contributed by atoms with Crippen LogP contribution in [0.2, 0.25) is 0 Å². The predicted molar refractivity (Wildman–Crippen MR) is 98.8 cm³/mol. The number of benzene rings is 1. The second-order valence-electron chi connectivity index (χ2n) is 5.88. The summed E-state index contributed by atoms with van der Waals surface area (Å²) in [6.07, 6.45) is 7.13. The Labute approximate surface area is 145 Å². The van der Waals surface area contributed by atoms with Crippen molar-refractivity contribution >= 4 is 35.2 Å². The van der Waals surface area contributed by atoms with Crippen LogP contribution in [-0.4, -0.2) is 18.4 Å². The van der Waals surface area contributed by atoms with Gasteiger partial charge in [0.25, 0.3) is 5.91 Å². The summed E-state index contributed by atoms with van der Waals surface area (Å²) < 4.78 is 0. The lowest BCUT2D eigenvalue weighted by Gasteiger charge is -2.16. The summed E-state index contributed by atoms with van der Waals surface area (Å²) in [6.45, 7) is 2.27. The van der Waals surface area contributed by atoms with Crippen LogP contribution in [-0.2, 0) is 12.8 Å². The molecule has 1 aliphatic rings. The molecule has 1 aromatic heterocycles. The number of hydrazone groups is 1. The number of hydrogen-bond acceptors (Lipinski definition) is 4. The molecule has 0 fully saturated rings. The van der Waals surface area contributed by atoms with Gasteiger partial charge in [-0.2, -0.15) is 5.10 Å². The largest absolute Gasteiger partial charge is 0.281 e. The molecule has 3 nitrogen and oxygen atoms in total. The third kappa shape index (κ3) is 4.03. The maximum Gasteiger partial charge on any atom is 0.281 e. The van der Waals surface area contributed by atoms with E-state index in [1.54, 1.807) is 29.3 Å². The van der Waals surface area contributed by atoms with Crippen LogP contribution in [0.15, 0.2) is 40.3 Å². The molecule has 1 aliphatic carbocycles. The van der Waals surface area contributed by atoms with Crippen LogP contribution in [0.1, 0.15) is 39.0 Å². The lowest BCUT2D eigenvalue weighted by Crippen LogP contribution is -2.16. The minimum absolute atomic E-state index is 0.117. The summed E-state index contributed by atoms with van der Waals surface area (Å²) in [7, 11) is 0. The van der Waals surface area contributed by atoms with Crippen molar-refractivity contribution in [3.8, 4) is 0 Å². The number of carbonyl (C=O) groups is 1. The molecule has 1 atom stereocenters. The highest BCUT2D eigenvalue weighted by Crippen LogP contribution is 2.32. The summed E-state index contributed by atoms with van der Waals surface area (Å²) in [4.78, 5) is 15.6. The number of aryl methyl sites for hydroxylation is 1. The predicted octanol–water partition coefficient (Wildman–Crippen LogP) is 4.36. The second-order valence-corrected chi connectivity index (χ2v) is 7.90. The fourth-order valence-electron chi connectivity index (χ4n) is 2.73. The minimum Gasteiger partial charge on any atom is -0.266 e. The van der Waals surface area contributed by atoms with E-state index in [4.69, 9.17) is 0 Å². The zero-order valence-electron chi connectivity index (χ0n) is 13.3. The van der Waals surface area contributed by atoms with Crippen molar-refractivity contribution in [3.63, 3.8) is 0 Å². The van der Waals surface area contributed by atoms with E-state index in [0.717, 1.165) is 29.2 Å². The van der Waals surface area contributed by atoms with Crippen molar-refractivity contribution in [1.29, 1.82) is 0 Å². The maximum absolute atomic E-state index is 12.2. The SMILES string of the molecule is CSc1ccc(/C=N\NC(=O)c2cc3c(s2)CC[C@H](C)C3)cc1. The Bertz CT molecular complexity index is 719. The van der Waals surface area contributed by atoms with Gasteiger partial charge in [0, 0.05) is 9.77 Å². The molecule has 0 unspecified atom stereocenters. The summed E-state index contributed by atoms with van der Waals surface area (Å²) in [6, 6.07) is 10.1. The van der Waals surface area contributed by atoms with Gasteiger partial charge in [0.2, 0.25) is 0 Å². The quantitative estimate of drug-likeness (QED) is 0.509. The molecule has 3 rings (SSSR count). The first-order chi connectivity index (χ1) is 11.2. The van der Waals surface area contributed by atoms with E-state index in [1.807, 2.05) is 36.6 Å². The average Bonchev–Trinajstić information content (AvgIpc) is 2.98. The van der Waals surface area contributed by atoms with Crippen LogP contribution < -0.4 is 5.43 Å². The third-order valence-electron chi connectivity index (χ3n) is 4.05. The van der Waals surface area contributed by atoms with E-state index >= 15 is 0 Å². The minimum atomic E-state index is -0.117. The van der Waals surface area contributed by atoms with Crippen LogP contribution in [0.3, 0.4) is 0 Å². The number of fused-ring (bicyclic) bond motifs is 1. The molecule has 2 aromatic rings. The average molecular weight is 345 g/mol. The monoisotopic (exact) mass is 344 g/mol. The van der Waals surface area contributed by atoms with Crippen LogP contribution in [0.5, 0.6) is 0 Å². The van der Waals surface area contributed by atoms with Gasteiger partial charge in [-0.25, -0.2) is 5.43 Å². The number of hydrogen-bond donors (Lipinski definition) is 1. The Morgan fingerprint density at radius 1 is 1.39 bits per heavy atom. The standard InChI is InChI=1S/C18H20N2OS2/c1-12-3-8-16-14(9-12)10-17(23-16)18(21)20-19-11-13-4-6-15(22-2)7-5-13/h4-7,10-12H,3,8-9H2,1-2H3,(H,20,21)/b19-11-/t12-/m0/s1. The van der Waals surface area contributed by atoms with E-state index in [2.05, 4.69) is 17.5 Å². The van der Waals surface area contributed by atoms with Crippen molar-refractivity contribution in [3.05, 3.63) is 51.2 Å². The van der Waals surface area contributed by atoms with Gasteiger partial charge in [-0.3, -0.25) is 4.79 Å². The van der Waals surface area contributed by atoms with Gasteiger partial charge < -0.3 is 0 Å². The van der Waals surface area contributed by atoms with Crippen LogP contribution >= 0.6 is 23.1 Å². The smallest absolute Gasteiger partial charge is 0.266 e. The molecule has 1 aromatic carbocycles. The van der Waals surface area contributed by atoms with Gasteiger partial charge in [-0.05, 0) is 60.8 Å². The molecule has 0 saturated heterocycles. The zero-order chi connectivity index (χ0) is 16.2. The van der Waals surface area contributed by atoms with Gasteiger partial charge >= 0.3 is 0 Å². The van der Waals surface area contributed by atoms with Crippen LogP contribution in [0.4, 0.5) is 0 Å². The van der Waals surface area contributed by atoms with Crippen molar-refractivity contribution < 1.29 is 4.79 Å². The Hall–Kier alpha value is -1.59. The zero-order valence-corrected chi connectivity index (χ0v) is 15.0. The number of thiophene rings is 1. The highest BCUT2D eigenvalue weighted by molar-refractivity contribution is 7.98. The van der Waals surface area contributed by atoms with Gasteiger partial charge in [0.05, 0.1) is 11.1 Å². The molecule has 120 valence electrons. The molecule has 0 saturated carbocycles. The normalized spacial score (nSPS) is 17.2. The number of nitrogens with one attached hydrogen (secondary N) is 1. The molecule has 23 heavy (non-hydrogen) atoms. The molecule has 1 amide bonds. The Morgan fingerprint density at radius 3 is 2.91 bits per heavy atom. The van der Waals surface area contributed by atoms with Gasteiger partial charge in [-0.15, -0.1) is 23.1 Å². The van der Waals surface area contributed by atoms with E-state index < -0.39 is 0 Å². The Kier molecular flexibility index (Phi) is 5.18. The molecule has 0 radical (unpaired) electrons. The van der Waals surface area contributed by atoms with E-state index in [0.29, 0.717) is 0 Å². The lowest BCUT2D eigenvalue weighted by atomic mass is 9.90. The van der Waals surface area contributed by atoms with Crippen LogP contribution in [0.25, 0.3) is 0 Å². The fourth-order valence-corrected chi connectivity index (χ4v) is 4.23. The first-order valence-electron chi connectivity index (χ1n) is 7.74. The Balaban J connectivity index is 1.61. The van der Waals surface area contributed by atoms with Crippen LogP contribution in [0, 0.1) is 5.92 Å². The van der Waals surface area contributed by atoms with E-state index in [-0.39, 0.29) is 5.91 Å². The first kappa shape index (κ1) is 16.3. The molecule has 5 heteroatoms. The van der Waals surface area contributed by atoms with Crippen molar-refractivity contribution in [2.75, 3.05) is 6.26 Å². The van der Waals surface area contributed by atoms with Gasteiger partial charge in [0.1, 0.15) is 0 Å². The van der Waals surface area contributed by atoms with E-state index in [1.165, 1.54) is 21.8 Å². The number of rotatable bonds is 4. The first-order valence-corrected chi connectivity index (χ1v) is 9.79. The summed E-state index contributed by atoms with van der Waals surface area (Å²) in [5.41, 5.74) is 4.95. The van der Waals surface area contributed by atoms with Crippen molar-refractivity contribution in [1.82, 2.24) is 5.43 Å². The maximum atomic E-state index is 12.2. The van der Waals surface area contributed by atoms with Gasteiger partial charge in [-0.1, -0.05) is 19.1 Å².